The number of nitrogens with one attached hydrogen (secondary N) is 1. The van der Waals surface area contributed by atoms with Gasteiger partial charge in [-0.25, -0.2) is 14.5 Å². The molecule has 0 aliphatic rings. The van der Waals surface area contributed by atoms with E-state index in [1.165, 1.54) is 24.9 Å². The van der Waals surface area contributed by atoms with Crippen LogP contribution in [0.4, 0.5) is 0 Å². The summed E-state index contributed by atoms with van der Waals surface area (Å²) in [6.45, 7) is 0. The van der Waals surface area contributed by atoms with Gasteiger partial charge in [0.15, 0.2) is 15.7 Å². The number of esters is 1. The zero-order valence-electron chi connectivity index (χ0n) is 10.0. The Labute approximate surface area is 117 Å². The average molecular weight is 301 g/mol. The summed E-state index contributed by atoms with van der Waals surface area (Å²) < 4.78 is 5.95. The molecule has 0 aromatic carbocycles. The Morgan fingerprint density at radius 2 is 2.26 bits per heavy atom. The highest BCUT2D eigenvalue weighted by Crippen LogP contribution is 2.26. The fourth-order valence-electron chi connectivity index (χ4n) is 1.29. The standard InChI is InChI=1S/C10H9ClN4O3S/c1-12-8(16)5-3-4-15(14-5)10-13-7(11)6(19-10)9(17)18-2/h3-4H,1-2H3,(H,12,16). The van der Waals surface area contributed by atoms with Crippen molar-refractivity contribution in [3.8, 4) is 5.13 Å². The minimum absolute atomic E-state index is 0.0452. The van der Waals surface area contributed by atoms with E-state index in [-0.39, 0.29) is 21.6 Å². The largest absolute Gasteiger partial charge is 0.465 e. The van der Waals surface area contributed by atoms with E-state index in [0.717, 1.165) is 11.3 Å². The fraction of sp³-hybridized carbons (Fsp3) is 0.200. The van der Waals surface area contributed by atoms with Gasteiger partial charge in [-0.05, 0) is 6.07 Å². The molecule has 2 aromatic rings. The number of carbonyl (C=O) groups excluding carboxylic acids is 2. The molecule has 0 atom stereocenters. The molecule has 0 spiro atoms. The van der Waals surface area contributed by atoms with Gasteiger partial charge in [-0.3, -0.25) is 4.79 Å². The Kier molecular flexibility index (Phi) is 3.82. The van der Waals surface area contributed by atoms with Crippen molar-refractivity contribution in [1.29, 1.82) is 0 Å². The molecule has 0 saturated carbocycles. The molecule has 0 saturated heterocycles. The van der Waals surface area contributed by atoms with Gasteiger partial charge in [0.1, 0.15) is 0 Å². The minimum atomic E-state index is -0.563. The van der Waals surface area contributed by atoms with Gasteiger partial charge in [0.2, 0.25) is 5.13 Å². The van der Waals surface area contributed by atoms with Crippen LogP contribution in [-0.4, -0.2) is 40.8 Å². The van der Waals surface area contributed by atoms with Gasteiger partial charge in [0.25, 0.3) is 5.91 Å². The Morgan fingerprint density at radius 1 is 1.53 bits per heavy atom. The zero-order chi connectivity index (χ0) is 14.0. The molecule has 100 valence electrons. The van der Waals surface area contributed by atoms with Crippen molar-refractivity contribution < 1.29 is 14.3 Å². The van der Waals surface area contributed by atoms with E-state index in [0.29, 0.717) is 5.13 Å². The number of hydrogen-bond acceptors (Lipinski definition) is 6. The van der Waals surface area contributed by atoms with Crippen molar-refractivity contribution in [3.05, 3.63) is 28.0 Å². The second-order valence-corrected chi connectivity index (χ2v) is 4.67. The topological polar surface area (TPSA) is 86.1 Å². The molecule has 0 bridgehead atoms. The molecular weight excluding hydrogens is 292 g/mol. The highest BCUT2D eigenvalue weighted by Gasteiger charge is 2.19. The molecule has 2 aromatic heterocycles. The van der Waals surface area contributed by atoms with E-state index in [4.69, 9.17) is 11.6 Å². The van der Waals surface area contributed by atoms with Gasteiger partial charge in [0.05, 0.1) is 7.11 Å². The summed E-state index contributed by atoms with van der Waals surface area (Å²) in [7, 11) is 2.77. The van der Waals surface area contributed by atoms with Gasteiger partial charge in [-0.1, -0.05) is 22.9 Å². The predicted molar refractivity (Wildman–Crippen MR) is 69.0 cm³/mol. The van der Waals surface area contributed by atoms with E-state index in [1.807, 2.05) is 0 Å². The van der Waals surface area contributed by atoms with Gasteiger partial charge < -0.3 is 10.1 Å². The maximum absolute atomic E-state index is 11.4. The summed E-state index contributed by atoms with van der Waals surface area (Å²) in [5.41, 5.74) is 0.244. The third-order valence-corrected chi connectivity index (χ3v) is 3.60. The monoisotopic (exact) mass is 300 g/mol. The third-order valence-electron chi connectivity index (χ3n) is 2.19. The molecule has 0 aliphatic carbocycles. The highest BCUT2D eigenvalue weighted by atomic mass is 35.5. The number of ether oxygens (including phenoxy) is 1. The molecule has 9 heteroatoms. The van der Waals surface area contributed by atoms with Gasteiger partial charge in [0, 0.05) is 13.2 Å². The summed E-state index contributed by atoms with van der Waals surface area (Å²) in [6.07, 6.45) is 1.56. The molecule has 0 unspecified atom stereocenters. The van der Waals surface area contributed by atoms with Crippen molar-refractivity contribution in [2.75, 3.05) is 14.2 Å². The normalized spacial score (nSPS) is 10.3. The van der Waals surface area contributed by atoms with Gasteiger partial charge in [-0.2, -0.15) is 5.10 Å². The number of aromatic nitrogens is 3. The summed E-state index contributed by atoms with van der Waals surface area (Å²) in [5.74, 6) is -0.873. The Hall–Kier alpha value is -1.93. The molecular formula is C10H9ClN4O3S. The first-order chi connectivity index (χ1) is 9.06. The van der Waals surface area contributed by atoms with E-state index < -0.39 is 5.97 Å². The maximum atomic E-state index is 11.4. The Bertz CT molecular complexity index is 637. The Morgan fingerprint density at radius 3 is 2.89 bits per heavy atom. The molecule has 0 aliphatic heterocycles. The van der Waals surface area contributed by atoms with Crippen LogP contribution < -0.4 is 5.32 Å². The van der Waals surface area contributed by atoms with Gasteiger partial charge in [-0.15, -0.1) is 0 Å². The van der Waals surface area contributed by atoms with Crippen LogP contribution in [0.2, 0.25) is 5.15 Å². The van der Waals surface area contributed by atoms with Crippen LogP contribution in [-0.2, 0) is 4.74 Å². The molecule has 1 amide bonds. The lowest BCUT2D eigenvalue weighted by molar-refractivity contribution is 0.0606. The summed E-state index contributed by atoms with van der Waals surface area (Å²) in [6, 6.07) is 1.53. The smallest absolute Gasteiger partial charge is 0.351 e. The van der Waals surface area contributed by atoms with E-state index in [2.05, 4.69) is 20.1 Å². The zero-order valence-corrected chi connectivity index (χ0v) is 11.6. The Balaban J connectivity index is 2.35. The lowest BCUT2D eigenvalue weighted by Crippen LogP contribution is -2.18. The van der Waals surface area contributed by atoms with Crippen LogP contribution in [0, 0.1) is 0 Å². The third kappa shape index (κ3) is 2.59. The number of amides is 1. The number of rotatable bonds is 3. The number of hydrogen-bond donors (Lipinski definition) is 1. The van der Waals surface area contributed by atoms with Crippen molar-refractivity contribution in [3.63, 3.8) is 0 Å². The van der Waals surface area contributed by atoms with Crippen molar-refractivity contribution in [2.24, 2.45) is 0 Å². The second-order valence-electron chi connectivity index (χ2n) is 3.33. The first-order valence-electron chi connectivity index (χ1n) is 5.09. The maximum Gasteiger partial charge on any atom is 0.351 e. The van der Waals surface area contributed by atoms with Crippen LogP contribution in [0.5, 0.6) is 0 Å². The molecule has 7 nitrogen and oxygen atoms in total. The molecule has 2 heterocycles. The van der Waals surface area contributed by atoms with Crippen molar-refractivity contribution >= 4 is 34.8 Å². The van der Waals surface area contributed by atoms with Crippen LogP contribution in [0.15, 0.2) is 12.3 Å². The number of thiazole rings is 1. The van der Waals surface area contributed by atoms with E-state index in [1.54, 1.807) is 6.20 Å². The van der Waals surface area contributed by atoms with Crippen LogP contribution in [0.3, 0.4) is 0 Å². The molecule has 0 fully saturated rings. The van der Waals surface area contributed by atoms with Crippen molar-refractivity contribution in [2.45, 2.75) is 0 Å². The van der Waals surface area contributed by atoms with E-state index >= 15 is 0 Å². The lowest BCUT2D eigenvalue weighted by atomic mass is 10.4. The van der Waals surface area contributed by atoms with E-state index in [9.17, 15) is 9.59 Å². The van der Waals surface area contributed by atoms with Crippen LogP contribution >= 0.6 is 22.9 Å². The number of halogens is 1. The van der Waals surface area contributed by atoms with Gasteiger partial charge >= 0.3 is 5.97 Å². The van der Waals surface area contributed by atoms with Crippen molar-refractivity contribution in [1.82, 2.24) is 20.1 Å². The second kappa shape index (κ2) is 5.37. The van der Waals surface area contributed by atoms with Crippen LogP contribution in [0.1, 0.15) is 20.2 Å². The number of carbonyl (C=O) groups is 2. The molecule has 19 heavy (non-hydrogen) atoms. The molecule has 0 radical (unpaired) electrons. The quantitative estimate of drug-likeness (QED) is 0.859. The lowest BCUT2D eigenvalue weighted by Gasteiger charge is -1.94. The minimum Gasteiger partial charge on any atom is -0.465 e. The predicted octanol–water partition coefficient (Wildman–Crippen LogP) is 1.13. The summed E-state index contributed by atoms with van der Waals surface area (Å²) >= 11 is 6.87. The fourth-order valence-corrected chi connectivity index (χ4v) is 2.42. The SMILES string of the molecule is CNC(=O)c1ccn(-c2nc(Cl)c(C(=O)OC)s2)n1. The number of nitrogens with zero attached hydrogens (tertiary/aromatic N) is 3. The summed E-state index contributed by atoms with van der Waals surface area (Å²) in [4.78, 5) is 27.0. The summed E-state index contributed by atoms with van der Waals surface area (Å²) in [5, 5.41) is 6.91. The average Bonchev–Trinajstić information content (AvgIpc) is 3.03. The highest BCUT2D eigenvalue weighted by molar-refractivity contribution is 7.16. The first kappa shape index (κ1) is 13.5. The molecule has 2 rings (SSSR count). The first-order valence-corrected chi connectivity index (χ1v) is 6.29. The van der Waals surface area contributed by atoms with Crippen LogP contribution in [0.25, 0.3) is 5.13 Å². The molecule has 1 N–H and O–H groups in total. The number of methoxy groups -OCH3 is 1.